The fourth-order valence-electron chi connectivity index (χ4n) is 3.13. The number of aromatic nitrogens is 2. The van der Waals surface area contributed by atoms with E-state index >= 15 is 0 Å². The molecule has 0 fully saturated rings. The highest BCUT2D eigenvalue weighted by Gasteiger charge is 2.27. The molecule has 3 rings (SSSR count). The molecule has 0 bridgehead atoms. The minimum atomic E-state index is -0.951. The van der Waals surface area contributed by atoms with E-state index in [0.717, 1.165) is 22.4 Å². The molecule has 6 heteroatoms. The van der Waals surface area contributed by atoms with Gasteiger partial charge in [0, 0.05) is 23.7 Å². The van der Waals surface area contributed by atoms with Crippen molar-refractivity contribution in [1.82, 2.24) is 9.55 Å². The molecule has 3 aromatic rings. The van der Waals surface area contributed by atoms with Gasteiger partial charge in [-0.3, -0.25) is 14.2 Å². The number of allylic oxidation sites excluding steroid dienone is 2. The van der Waals surface area contributed by atoms with E-state index in [0.29, 0.717) is 6.42 Å². The number of para-hydroxylation sites is 1. The molecule has 28 heavy (non-hydrogen) atoms. The summed E-state index contributed by atoms with van der Waals surface area (Å²) >= 11 is 0. The van der Waals surface area contributed by atoms with Crippen LogP contribution in [0.3, 0.4) is 0 Å². The number of fused-ring (bicyclic) bond motifs is 1. The van der Waals surface area contributed by atoms with Crippen molar-refractivity contribution in [1.29, 1.82) is 0 Å². The Morgan fingerprint density at radius 3 is 2.43 bits per heavy atom. The number of pyridine rings is 1. The van der Waals surface area contributed by atoms with Crippen LogP contribution < -0.4 is 0 Å². The number of hydrogen-bond acceptors (Lipinski definition) is 5. The smallest absolute Gasteiger partial charge is 0.320 e. The standard InChI is InChI=1S/C22H22N2O4/c1-27-21(25)18(22(26)28-2)11-5-4-10-17-15-16-9-3-6-12-19(16)24(17)20-13-7-8-14-23-20/h3-9,12-15,18H,10-11H2,1-2H3/b5-4-. The summed E-state index contributed by atoms with van der Waals surface area (Å²) in [5.74, 6) is -1.31. The zero-order valence-electron chi connectivity index (χ0n) is 15.9. The van der Waals surface area contributed by atoms with Crippen molar-refractivity contribution in [3.8, 4) is 5.82 Å². The van der Waals surface area contributed by atoms with Crippen molar-refractivity contribution in [3.05, 3.63) is 72.6 Å². The molecule has 6 nitrogen and oxygen atoms in total. The molecule has 0 radical (unpaired) electrons. The fourth-order valence-corrected chi connectivity index (χ4v) is 3.13. The van der Waals surface area contributed by atoms with E-state index in [1.165, 1.54) is 14.2 Å². The lowest BCUT2D eigenvalue weighted by atomic mass is 10.1. The summed E-state index contributed by atoms with van der Waals surface area (Å²) in [6.45, 7) is 0. The predicted molar refractivity (Wildman–Crippen MR) is 106 cm³/mol. The van der Waals surface area contributed by atoms with Gasteiger partial charge >= 0.3 is 11.9 Å². The number of rotatable bonds is 7. The van der Waals surface area contributed by atoms with Crippen LogP contribution in [0.4, 0.5) is 0 Å². The van der Waals surface area contributed by atoms with Crippen LogP contribution >= 0.6 is 0 Å². The molecule has 0 spiro atoms. The highest BCUT2D eigenvalue weighted by atomic mass is 16.5. The van der Waals surface area contributed by atoms with Crippen LogP contribution in [0.15, 0.2) is 66.9 Å². The van der Waals surface area contributed by atoms with Gasteiger partial charge in [0.25, 0.3) is 0 Å². The van der Waals surface area contributed by atoms with Crippen molar-refractivity contribution in [2.24, 2.45) is 5.92 Å². The van der Waals surface area contributed by atoms with Gasteiger partial charge < -0.3 is 9.47 Å². The molecule has 0 aliphatic carbocycles. The average molecular weight is 378 g/mol. The normalized spacial score (nSPS) is 11.2. The van der Waals surface area contributed by atoms with E-state index in [9.17, 15) is 9.59 Å². The van der Waals surface area contributed by atoms with Crippen molar-refractivity contribution < 1.29 is 19.1 Å². The summed E-state index contributed by atoms with van der Waals surface area (Å²) < 4.78 is 11.5. The van der Waals surface area contributed by atoms with Crippen LogP contribution in [-0.2, 0) is 25.5 Å². The second kappa shape index (κ2) is 8.99. The lowest BCUT2D eigenvalue weighted by molar-refractivity contribution is -0.158. The molecule has 2 aromatic heterocycles. The van der Waals surface area contributed by atoms with Crippen LogP contribution in [0.2, 0.25) is 0 Å². The first-order valence-corrected chi connectivity index (χ1v) is 8.97. The van der Waals surface area contributed by atoms with Crippen LogP contribution in [0.1, 0.15) is 12.1 Å². The summed E-state index contributed by atoms with van der Waals surface area (Å²) in [6, 6.07) is 16.0. The molecule has 144 valence electrons. The largest absolute Gasteiger partial charge is 0.468 e. The Hall–Kier alpha value is -3.41. The van der Waals surface area contributed by atoms with Gasteiger partial charge in [0.1, 0.15) is 5.82 Å². The third-order valence-electron chi connectivity index (χ3n) is 4.50. The number of ether oxygens (including phenoxy) is 2. The molecule has 0 N–H and O–H groups in total. The van der Waals surface area contributed by atoms with Gasteiger partial charge in [-0.1, -0.05) is 36.4 Å². The van der Waals surface area contributed by atoms with Gasteiger partial charge in [0.15, 0.2) is 5.92 Å². The van der Waals surface area contributed by atoms with E-state index in [1.807, 2.05) is 36.4 Å². The minimum Gasteiger partial charge on any atom is -0.468 e. The highest BCUT2D eigenvalue weighted by molar-refractivity contribution is 5.95. The van der Waals surface area contributed by atoms with E-state index in [1.54, 1.807) is 12.3 Å². The Kier molecular flexibility index (Phi) is 6.22. The number of carbonyl (C=O) groups excluding carboxylic acids is 2. The third kappa shape index (κ3) is 4.11. The van der Waals surface area contributed by atoms with Gasteiger partial charge in [-0.2, -0.15) is 0 Å². The molecule has 0 aliphatic heterocycles. The van der Waals surface area contributed by atoms with Gasteiger partial charge in [-0.15, -0.1) is 0 Å². The number of benzene rings is 1. The summed E-state index contributed by atoms with van der Waals surface area (Å²) in [5.41, 5.74) is 2.13. The first-order valence-electron chi connectivity index (χ1n) is 8.97. The maximum atomic E-state index is 11.8. The molecule has 1 aromatic carbocycles. The van der Waals surface area contributed by atoms with E-state index in [4.69, 9.17) is 0 Å². The predicted octanol–water partition coefficient (Wildman–Crippen LogP) is 3.48. The molecule has 0 unspecified atom stereocenters. The summed E-state index contributed by atoms with van der Waals surface area (Å²) in [6.07, 6.45) is 6.36. The van der Waals surface area contributed by atoms with Gasteiger partial charge in [0.05, 0.1) is 19.7 Å². The third-order valence-corrected chi connectivity index (χ3v) is 4.50. The quantitative estimate of drug-likeness (QED) is 0.358. The Balaban J connectivity index is 1.84. The Morgan fingerprint density at radius 2 is 1.75 bits per heavy atom. The summed E-state index contributed by atoms with van der Waals surface area (Å²) in [4.78, 5) is 28.0. The van der Waals surface area contributed by atoms with Gasteiger partial charge in [-0.05, 0) is 30.7 Å². The topological polar surface area (TPSA) is 70.4 Å². The first kappa shape index (κ1) is 19.4. The molecule has 0 saturated carbocycles. The average Bonchev–Trinajstić information content (AvgIpc) is 3.11. The molecular formula is C22H22N2O4. The second-order valence-electron chi connectivity index (χ2n) is 6.23. The first-order chi connectivity index (χ1) is 13.7. The van der Waals surface area contributed by atoms with Crippen LogP contribution in [0, 0.1) is 5.92 Å². The molecular weight excluding hydrogens is 356 g/mol. The number of carbonyl (C=O) groups is 2. The van der Waals surface area contributed by atoms with Crippen LogP contribution in [-0.4, -0.2) is 35.7 Å². The maximum absolute atomic E-state index is 11.8. The molecule has 0 atom stereocenters. The lowest BCUT2D eigenvalue weighted by Gasteiger charge is -2.10. The second-order valence-corrected chi connectivity index (χ2v) is 6.23. The van der Waals surface area contributed by atoms with Crippen molar-refractivity contribution in [2.75, 3.05) is 14.2 Å². The molecule has 0 saturated heterocycles. The van der Waals surface area contributed by atoms with Crippen molar-refractivity contribution in [3.63, 3.8) is 0 Å². The zero-order chi connectivity index (χ0) is 19.9. The number of nitrogens with zero attached hydrogens (tertiary/aromatic N) is 2. The number of hydrogen-bond donors (Lipinski definition) is 0. The number of esters is 2. The van der Waals surface area contributed by atoms with E-state index in [-0.39, 0.29) is 6.42 Å². The Bertz CT molecular complexity index is 976. The molecule has 0 amide bonds. The zero-order valence-corrected chi connectivity index (χ0v) is 15.9. The van der Waals surface area contributed by atoms with E-state index < -0.39 is 17.9 Å². The molecule has 2 heterocycles. The Labute approximate surface area is 163 Å². The van der Waals surface area contributed by atoms with Gasteiger partial charge in [-0.25, -0.2) is 4.98 Å². The summed E-state index contributed by atoms with van der Waals surface area (Å²) in [7, 11) is 2.51. The monoisotopic (exact) mass is 378 g/mol. The minimum absolute atomic E-state index is 0.225. The lowest BCUT2D eigenvalue weighted by Crippen LogP contribution is -2.25. The van der Waals surface area contributed by atoms with Crippen LogP contribution in [0.25, 0.3) is 16.7 Å². The van der Waals surface area contributed by atoms with Gasteiger partial charge in [0.2, 0.25) is 0 Å². The van der Waals surface area contributed by atoms with Crippen molar-refractivity contribution in [2.45, 2.75) is 12.8 Å². The van der Waals surface area contributed by atoms with E-state index in [2.05, 4.69) is 37.2 Å². The SMILES string of the molecule is COC(=O)C(C/C=C\Cc1cc2ccccc2n1-c1ccccn1)C(=O)OC. The number of methoxy groups -OCH3 is 2. The van der Waals surface area contributed by atoms with Crippen LogP contribution in [0.5, 0.6) is 0 Å². The summed E-state index contributed by atoms with van der Waals surface area (Å²) in [5, 5.41) is 1.12. The highest BCUT2D eigenvalue weighted by Crippen LogP contribution is 2.24. The maximum Gasteiger partial charge on any atom is 0.320 e. The Morgan fingerprint density at radius 1 is 1.04 bits per heavy atom. The molecule has 0 aliphatic rings. The fraction of sp³-hybridized carbons (Fsp3) is 0.227. The van der Waals surface area contributed by atoms with Crippen molar-refractivity contribution >= 4 is 22.8 Å².